The number of aliphatic hydroxyl groups excluding tert-OH is 2. The lowest BCUT2D eigenvalue weighted by atomic mass is 9.98. The van der Waals surface area contributed by atoms with Gasteiger partial charge < -0.3 is 34.1 Å². The van der Waals surface area contributed by atoms with Gasteiger partial charge in [0.05, 0.1) is 24.9 Å². The highest BCUT2D eigenvalue weighted by Gasteiger charge is 2.54. The highest BCUT2D eigenvalue weighted by Crippen LogP contribution is 2.58. The molecule has 52 heavy (non-hydrogen) atoms. The monoisotopic (exact) mass is 785 g/mol. The maximum Gasteiger partial charge on any atom is 0.386 e. The van der Waals surface area contributed by atoms with Crippen LogP contribution in [0.15, 0.2) is 23.8 Å². The number of halogens is 1. The van der Waals surface area contributed by atoms with Crippen molar-refractivity contribution in [2.75, 3.05) is 38.3 Å². The first-order chi connectivity index (χ1) is 24.9. The van der Waals surface area contributed by atoms with Gasteiger partial charge in [0.1, 0.15) is 48.3 Å². The predicted octanol–water partition coefficient (Wildman–Crippen LogP) is 3.54. The largest absolute Gasteiger partial charge is 0.396 e. The number of nitrogens with one attached hydrogen (secondary N) is 1. The fraction of sp³-hybridized carbons (Fsp3) is 0.633. The summed E-state index contributed by atoms with van der Waals surface area (Å²) in [4.78, 5) is 30.6. The van der Waals surface area contributed by atoms with Gasteiger partial charge in [0, 0.05) is 44.6 Å². The van der Waals surface area contributed by atoms with Gasteiger partial charge in [-0.2, -0.15) is 0 Å². The van der Waals surface area contributed by atoms with Crippen molar-refractivity contribution in [2.24, 2.45) is 10.9 Å². The summed E-state index contributed by atoms with van der Waals surface area (Å²) >= 11 is 4.12. The first kappa shape index (κ1) is 36.4. The van der Waals surface area contributed by atoms with Crippen LogP contribution in [0.2, 0.25) is 0 Å². The zero-order valence-electron chi connectivity index (χ0n) is 27.8. The number of hydrogen-bond donors (Lipinski definition) is 4. The quantitative estimate of drug-likeness (QED) is 0.215. The molecule has 282 valence electrons. The molecule has 0 aromatic carbocycles. The maximum atomic E-state index is 16.5. The van der Waals surface area contributed by atoms with E-state index in [2.05, 4.69) is 37.5 Å². The molecule has 22 heteroatoms. The van der Waals surface area contributed by atoms with Crippen LogP contribution in [0.5, 0.6) is 0 Å². The van der Waals surface area contributed by atoms with Crippen LogP contribution in [-0.4, -0.2) is 116 Å². The first-order valence-electron chi connectivity index (χ1n) is 17.0. The molecule has 0 amide bonds. The van der Waals surface area contributed by atoms with Crippen LogP contribution in [0.1, 0.15) is 54.2 Å². The number of Topliss-reactive ketones (excluding diaryl/α,β-unsaturated/α-hetero) is 1. The Hall–Kier alpha value is -2.61. The minimum absolute atomic E-state index is 0.0304. The molecule has 1 unspecified atom stereocenters. The lowest BCUT2D eigenvalue weighted by Crippen LogP contribution is -2.35. The van der Waals surface area contributed by atoms with Crippen LogP contribution in [0.4, 0.5) is 16.0 Å². The summed E-state index contributed by atoms with van der Waals surface area (Å²) in [5, 5.41) is 24.6. The zero-order chi connectivity index (χ0) is 36.4. The van der Waals surface area contributed by atoms with E-state index in [-0.39, 0.29) is 36.2 Å². The molecule has 11 atom stereocenters. The smallest absolute Gasteiger partial charge is 0.386 e. The molecule has 3 aromatic rings. The number of ether oxygens (including phenoxy) is 2. The van der Waals surface area contributed by atoms with Gasteiger partial charge in [0.25, 0.3) is 0 Å². The Morgan fingerprint density at radius 1 is 1.08 bits per heavy atom. The van der Waals surface area contributed by atoms with Crippen molar-refractivity contribution in [1.82, 2.24) is 24.1 Å². The molecule has 3 N–H and O–H groups in total. The summed E-state index contributed by atoms with van der Waals surface area (Å²) < 4.78 is 82.1. The summed E-state index contributed by atoms with van der Waals surface area (Å²) in [5.41, 5.74) is 1.39. The summed E-state index contributed by atoms with van der Waals surface area (Å²) in [7, 11) is -4.11. The second-order valence-corrected chi connectivity index (χ2v) is 18.3. The van der Waals surface area contributed by atoms with Crippen molar-refractivity contribution in [3.63, 3.8) is 0 Å². The van der Waals surface area contributed by atoms with E-state index in [1.165, 1.54) is 28.5 Å². The number of ketones is 1. The molecule has 0 radical (unpaired) electrons. The molecule has 3 aromatic heterocycles. The van der Waals surface area contributed by atoms with Crippen LogP contribution in [-0.2, 0) is 43.1 Å². The van der Waals surface area contributed by atoms with Gasteiger partial charge in [-0.1, -0.05) is 12.2 Å². The number of imidazole rings is 1. The molecule has 2 bridgehead atoms. The number of nitrogens with zero attached hydrogens (tertiary/aromatic N) is 6. The third-order valence-electron chi connectivity index (χ3n) is 9.79. The SMILES string of the molecule is C[P@@]1(=O)OC[C@H]2O[C@@H](n3cc4c5c(ncnc53)NCCC4)[C@H](F)[C@@H]2O[P@@](=O)(S)OC[C@H]2O[C@@H](n3cnc4c3N=CC(CCCO)CC4=O)[C@H](O1)[C@@H]2O. The van der Waals surface area contributed by atoms with Crippen LogP contribution in [0.25, 0.3) is 11.0 Å². The van der Waals surface area contributed by atoms with E-state index in [9.17, 15) is 24.1 Å². The standard InChI is InChI=1S/C30H38FN7O11P2S/c1-50(42)44-12-19-24(21(31)29(47-19)37-10-16-5-2-6-32-26-20(16)27(37)35-13-34-26)49-51(43,52)45-11-18-23(41)25(48-50)30(46-18)38-14-36-22-17(40)8-15(4-3-7-39)9-33-28(22)38/h9-10,13-15,18-19,21,23-25,29-30,39,41H,2-8,11-12H2,1H3,(H,43,52)(H,32,34,35)/t15?,18-,19-,21-,23-,24-,25-,29-,30-,50-,51+/m1/s1. The van der Waals surface area contributed by atoms with Gasteiger partial charge in [-0.05, 0) is 31.2 Å². The molecule has 5 aliphatic heterocycles. The topological polar surface area (TPSA) is 220 Å². The van der Waals surface area contributed by atoms with E-state index in [1.807, 2.05) is 0 Å². The number of carbonyl (C=O) groups excluding carboxylic acids is 1. The van der Waals surface area contributed by atoms with Crippen molar-refractivity contribution < 1.29 is 56.1 Å². The number of aliphatic imine (C=N–C) groups is 1. The fourth-order valence-electron chi connectivity index (χ4n) is 7.31. The number of aromatic nitrogens is 5. The fourth-order valence-corrected chi connectivity index (χ4v) is 9.94. The Bertz CT molecular complexity index is 1980. The predicted molar refractivity (Wildman–Crippen MR) is 184 cm³/mol. The minimum atomic E-state index is -4.38. The van der Waals surface area contributed by atoms with E-state index in [1.54, 1.807) is 12.4 Å². The highest BCUT2D eigenvalue weighted by molar-refractivity contribution is 8.44. The first-order valence-corrected chi connectivity index (χ1v) is 21.6. The molecular formula is C30H38FN7O11P2S. The number of thiol groups is 1. The van der Waals surface area contributed by atoms with Gasteiger partial charge in [-0.25, -0.2) is 28.9 Å². The van der Waals surface area contributed by atoms with Crippen LogP contribution >= 0.6 is 26.6 Å². The average molecular weight is 786 g/mol. The van der Waals surface area contributed by atoms with Gasteiger partial charge in [0.15, 0.2) is 35.9 Å². The Morgan fingerprint density at radius 2 is 1.88 bits per heavy atom. The van der Waals surface area contributed by atoms with Crippen molar-refractivity contribution in [3.8, 4) is 0 Å². The Labute approximate surface area is 301 Å². The lowest BCUT2D eigenvalue weighted by molar-refractivity contribution is -0.0583. The van der Waals surface area contributed by atoms with Crippen molar-refractivity contribution >= 4 is 61.3 Å². The molecule has 3 fully saturated rings. The third-order valence-corrected chi connectivity index (χ3v) is 12.7. The zero-order valence-corrected chi connectivity index (χ0v) is 30.5. The van der Waals surface area contributed by atoms with E-state index in [4.69, 9.17) is 27.6 Å². The van der Waals surface area contributed by atoms with Gasteiger partial charge in [0.2, 0.25) is 0 Å². The Balaban J connectivity index is 1.08. The average Bonchev–Trinajstić information content (AvgIpc) is 3.78. The normalized spacial score (nSPS) is 38.0. The van der Waals surface area contributed by atoms with Gasteiger partial charge in [-0.3, -0.25) is 27.5 Å². The van der Waals surface area contributed by atoms with Crippen molar-refractivity contribution in [1.29, 1.82) is 0 Å². The number of rotatable bonds is 5. The van der Waals surface area contributed by atoms with E-state index in [0.717, 1.165) is 17.4 Å². The molecule has 8 rings (SSSR count). The molecule has 3 saturated heterocycles. The highest BCUT2D eigenvalue weighted by atomic mass is 32.7. The van der Waals surface area contributed by atoms with Crippen LogP contribution in [0.3, 0.4) is 0 Å². The second-order valence-electron chi connectivity index (χ2n) is 13.4. The van der Waals surface area contributed by atoms with Crippen LogP contribution in [0, 0.1) is 5.92 Å². The Kier molecular flexibility index (Phi) is 9.95. The summed E-state index contributed by atoms with van der Waals surface area (Å²) in [6.45, 7) is -3.62. The molecular weight excluding hydrogens is 747 g/mol. The number of carbonyl (C=O) groups is 1. The summed E-state index contributed by atoms with van der Waals surface area (Å²) in [6.07, 6.45) is -2.85. The van der Waals surface area contributed by atoms with Gasteiger partial charge in [-0.15, -0.1) is 0 Å². The van der Waals surface area contributed by atoms with E-state index < -0.39 is 76.8 Å². The molecule has 0 aliphatic carbocycles. The van der Waals surface area contributed by atoms with Crippen LogP contribution < -0.4 is 5.32 Å². The van der Waals surface area contributed by atoms with E-state index >= 15 is 4.39 Å². The maximum absolute atomic E-state index is 16.5. The summed E-state index contributed by atoms with van der Waals surface area (Å²) in [6, 6.07) is 0. The Morgan fingerprint density at radius 3 is 2.71 bits per heavy atom. The summed E-state index contributed by atoms with van der Waals surface area (Å²) in [5.74, 6) is 0.232. The molecule has 5 aliphatic rings. The number of fused-ring (bicyclic) bond motifs is 4. The number of hydrogen-bond acceptors (Lipinski definition) is 16. The number of alkyl halides is 1. The molecule has 0 saturated carbocycles. The molecule has 18 nitrogen and oxygen atoms in total. The molecule has 8 heterocycles. The molecule has 0 spiro atoms. The van der Waals surface area contributed by atoms with Crippen molar-refractivity contribution in [3.05, 3.63) is 30.1 Å². The van der Waals surface area contributed by atoms with E-state index in [0.29, 0.717) is 37.3 Å². The third kappa shape index (κ3) is 6.81. The lowest BCUT2D eigenvalue weighted by Gasteiger charge is -2.27. The minimum Gasteiger partial charge on any atom is -0.396 e. The second kappa shape index (κ2) is 14.2. The number of anilines is 1. The number of aliphatic hydroxyl groups is 2. The number of aryl methyl sites for hydroxylation is 1. The van der Waals surface area contributed by atoms with Crippen molar-refractivity contribution in [2.45, 2.75) is 81.3 Å². The van der Waals surface area contributed by atoms with Gasteiger partial charge >= 0.3 is 14.4 Å².